The van der Waals surface area contributed by atoms with Crippen LogP contribution in [0.4, 0.5) is 0 Å². The molecule has 0 radical (unpaired) electrons. The molecule has 0 saturated carbocycles. The zero-order valence-electron chi connectivity index (χ0n) is 17.8. The zero-order valence-corrected chi connectivity index (χ0v) is 19.4. The number of aryl methyl sites for hydroxylation is 3. The summed E-state index contributed by atoms with van der Waals surface area (Å²) in [6.45, 7) is 5.35. The molecule has 162 valence electrons. The van der Waals surface area contributed by atoms with Gasteiger partial charge in [-0.25, -0.2) is 4.98 Å². The van der Waals surface area contributed by atoms with Crippen LogP contribution in [0, 0.1) is 0 Å². The van der Waals surface area contributed by atoms with E-state index in [1.807, 2.05) is 11.5 Å². The van der Waals surface area contributed by atoms with Gasteiger partial charge in [0.15, 0.2) is 11.0 Å². The van der Waals surface area contributed by atoms with Crippen molar-refractivity contribution in [3.63, 3.8) is 0 Å². The number of unbranched alkanes of at least 4 members (excludes halogenated alkanes) is 1. The number of fused-ring (bicyclic) bond motifs is 3. The van der Waals surface area contributed by atoms with Crippen molar-refractivity contribution in [2.24, 2.45) is 0 Å². The summed E-state index contributed by atoms with van der Waals surface area (Å²) in [5.41, 5.74) is 1.29. The summed E-state index contributed by atoms with van der Waals surface area (Å²) < 4.78 is 12.5. The lowest BCUT2D eigenvalue weighted by atomic mass is 10.2. The first kappa shape index (κ1) is 21.5. The van der Waals surface area contributed by atoms with Crippen LogP contribution in [0.25, 0.3) is 10.2 Å². The lowest BCUT2D eigenvalue weighted by molar-refractivity contribution is 0.189. The molecule has 0 aliphatic heterocycles. The Kier molecular flexibility index (Phi) is 6.90. The van der Waals surface area contributed by atoms with E-state index in [-0.39, 0.29) is 10.8 Å². The van der Waals surface area contributed by atoms with Gasteiger partial charge in [0.05, 0.1) is 10.6 Å². The maximum atomic E-state index is 13.4. The van der Waals surface area contributed by atoms with Crippen LogP contribution < -0.4 is 5.56 Å². The van der Waals surface area contributed by atoms with E-state index in [4.69, 9.17) is 14.2 Å². The molecule has 0 bridgehead atoms. The highest BCUT2D eigenvalue weighted by Crippen LogP contribution is 2.38. The maximum Gasteiger partial charge on any atom is 0.263 e. The van der Waals surface area contributed by atoms with Crippen LogP contribution in [0.15, 0.2) is 14.5 Å². The first-order chi connectivity index (χ1) is 14.6. The van der Waals surface area contributed by atoms with Crippen LogP contribution in [0.3, 0.4) is 0 Å². The molecule has 30 heavy (non-hydrogen) atoms. The van der Waals surface area contributed by atoms with Crippen LogP contribution in [0.1, 0.15) is 66.9 Å². The van der Waals surface area contributed by atoms with Crippen LogP contribution in [-0.4, -0.2) is 33.4 Å². The van der Waals surface area contributed by atoms with Crippen molar-refractivity contribution in [1.29, 1.82) is 0 Å². The number of thiophene rings is 1. The number of thioether (sulfide) groups is 1. The number of rotatable bonds is 10. The quantitative estimate of drug-likeness (QED) is 0.255. The molecule has 3 aromatic rings. The van der Waals surface area contributed by atoms with Gasteiger partial charge in [-0.15, -0.1) is 11.3 Å². The fourth-order valence-corrected chi connectivity index (χ4v) is 6.06. The lowest BCUT2D eigenvalue weighted by Gasteiger charge is -2.14. The van der Waals surface area contributed by atoms with Crippen molar-refractivity contribution >= 4 is 33.3 Å². The highest BCUT2D eigenvalue weighted by molar-refractivity contribution is 7.99. The predicted molar refractivity (Wildman–Crippen MR) is 120 cm³/mol. The van der Waals surface area contributed by atoms with Crippen molar-refractivity contribution in [3.05, 3.63) is 32.5 Å². The van der Waals surface area contributed by atoms with E-state index in [0.717, 1.165) is 61.0 Å². The van der Waals surface area contributed by atoms with E-state index in [2.05, 4.69) is 17.1 Å². The second-order valence-corrected chi connectivity index (χ2v) is 10.0. The van der Waals surface area contributed by atoms with E-state index in [9.17, 15) is 4.79 Å². The van der Waals surface area contributed by atoms with Crippen molar-refractivity contribution in [1.82, 2.24) is 19.7 Å². The van der Waals surface area contributed by atoms with Gasteiger partial charge in [0.25, 0.3) is 5.56 Å². The number of hydrogen-bond donors (Lipinski definition) is 0. The number of nitrogens with zero attached hydrogens (tertiary/aromatic N) is 4. The Bertz CT molecular complexity index is 1070. The molecule has 0 aromatic carbocycles. The molecule has 0 fully saturated rings. The average Bonchev–Trinajstić information content (AvgIpc) is 3.44. The Balaban J connectivity index is 1.65. The molecule has 3 heterocycles. The molecule has 7 nitrogen and oxygen atoms in total. The van der Waals surface area contributed by atoms with E-state index in [0.29, 0.717) is 24.2 Å². The molecule has 0 saturated heterocycles. The third-order valence-electron chi connectivity index (χ3n) is 5.39. The first-order valence-electron chi connectivity index (χ1n) is 10.7. The minimum absolute atomic E-state index is 0.0689. The Labute approximate surface area is 184 Å². The highest BCUT2D eigenvalue weighted by Gasteiger charge is 2.25. The zero-order chi connectivity index (χ0) is 21.1. The second kappa shape index (κ2) is 9.62. The van der Waals surface area contributed by atoms with Crippen molar-refractivity contribution in [2.75, 3.05) is 13.7 Å². The van der Waals surface area contributed by atoms with Crippen molar-refractivity contribution in [2.45, 2.75) is 75.7 Å². The number of methoxy groups -OCH3 is 1. The van der Waals surface area contributed by atoms with E-state index in [1.165, 1.54) is 22.2 Å². The maximum absolute atomic E-state index is 13.4. The van der Waals surface area contributed by atoms with Crippen molar-refractivity contribution < 1.29 is 9.26 Å². The minimum atomic E-state index is -0.0855. The van der Waals surface area contributed by atoms with Gasteiger partial charge in [-0.2, -0.15) is 4.98 Å². The third-order valence-corrected chi connectivity index (χ3v) is 7.65. The molecular formula is C21H28N4O3S2. The molecule has 1 aliphatic carbocycles. The molecular weight excluding hydrogens is 420 g/mol. The fraction of sp³-hybridized carbons (Fsp3) is 0.619. The van der Waals surface area contributed by atoms with Crippen LogP contribution >= 0.6 is 23.1 Å². The minimum Gasteiger partial charge on any atom is -0.385 e. The average molecular weight is 449 g/mol. The van der Waals surface area contributed by atoms with Crippen LogP contribution in [0.5, 0.6) is 0 Å². The SMILES string of the molecule is CCCCc1noc([C@H](C)Sc2nc3sc4c(c3c(=O)n2CCCOC)CCC4)n1. The number of hydrogen-bond acceptors (Lipinski definition) is 8. The summed E-state index contributed by atoms with van der Waals surface area (Å²) >= 11 is 3.18. The molecule has 0 amide bonds. The first-order valence-corrected chi connectivity index (χ1v) is 12.3. The molecule has 1 atom stereocenters. The third kappa shape index (κ3) is 4.33. The molecule has 0 N–H and O–H groups in total. The van der Waals surface area contributed by atoms with Crippen LogP contribution in [-0.2, 0) is 30.5 Å². The van der Waals surface area contributed by atoms with E-state index < -0.39 is 0 Å². The van der Waals surface area contributed by atoms with Gasteiger partial charge in [0.1, 0.15) is 4.83 Å². The van der Waals surface area contributed by atoms with Gasteiger partial charge < -0.3 is 9.26 Å². The summed E-state index contributed by atoms with van der Waals surface area (Å²) in [6.07, 6.45) is 6.89. The molecule has 4 rings (SSSR count). The largest absolute Gasteiger partial charge is 0.385 e. The topological polar surface area (TPSA) is 83.0 Å². The predicted octanol–water partition coefficient (Wildman–Crippen LogP) is 4.56. The molecule has 3 aromatic heterocycles. The summed E-state index contributed by atoms with van der Waals surface area (Å²) in [5.74, 6) is 1.33. The van der Waals surface area contributed by atoms with Gasteiger partial charge >= 0.3 is 0 Å². The van der Waals surface area contributed by atoms with E-state index >= 15 is 0 Å². The van der Waals surface area contributed by atoms with Gasteiger partial charge in [-0.3, -0.25) is 9.36 Å². The van der Waals surface area contributed by atoms with Gasteiger partial charge in [0.2, 0.25) is 5.89 Å². The summed E-state index contributed by atoms with van der Waals surface area (Å²) in [4.78, 5) is 25.1. The number of aromatic nitrogens is 4. The highest BCUT2D eigenvalue weighted by atomic mass is 32.2. The van der Waals surface area contributed by atoms with Gasteiger partial charge in [0, 0.05) is 31.6 Å². The molecule has 0 unspecified atom stereocenters. The van der Waals surface area contributed by atoms with Crippen LogP contribution in [0.2, 0.25) is 0 Å². The molecule has 1 aliphatic rings. The van der Waals surface area contributed by atoms with Crippen molar-refractivity contribution in [3.8, 4) is 0 Å². The summed E-state index contributed by atoms with van der Waals surface area (Å²) in [7, 11) is 1.68. The lowest BCUT2D eigenvalue weighted by Crippen LogP contribution is -2.24. The Morgan fingerprint density at radius 1 is 1.30 bits per heavy atom. The number of ether oxygens (including phenoxy) is 1. The summed E-state index contributed by atoms with van der Waals surface area (Å²) in [5, 5.41) is 5.55. The normalized spacial score (nSPS) is 14.5. The van der Waals surface area contributed by atoms with E-state index in [1.54, 1.807) is 18.4 Å². The Hall–Kier alpha value is -1.71. The second-order valence-electron chi connectivity index (χ2n) is 7.65. The van der Waals surface area contributed by atoms with Gasteiger partial charge in [-0.1, -0.05) is 30.3 Å². The molecule has 9 heteroatoms. The van der Waals surface area contributed by atoms with Gasteiger partial charge in [-0.05, 0) is 44.6 Å². The molecule has 0 spiro atoms. The fourth-order valence-electron chi connectivity index (χ4n) is 3.79. The summed E-state index contributed by atoms with van der Waals surface area (Å²) in [6, 6.07) is 0. The smallest absolute Gasteiger partial charge is 0.263 e. The monoisotopic (exact) mass is 448 g/mol. The standard InChI is InChI=1S/C21H28N4O3S2/c1-4-5-10-16-22-18(28-24-16)13(2)29-21-23-19-17(14-8-6-9-15(14)30-19)20(26)25(21)11-7-12-27-3/h13H,4-12H2,1-3H3/t13-/m0/s1. The Morgan fingerprint density at radius 3 is 2.97 bits per heavy atom. The Morgan fingerprint density at radius 2 is 2.17 bits per heavy atom.